The second-order valence-corrected chi connectivity index (χ2v) is 5.22. The highest BCUT2D eigenvalue weighted by atomic mass is 16.2. The second kappa shape index (κ2) is 4.46. The Morgan fingerprint density at radius 1 is 0.955 bits per heavy atom. The van der Waals surface area contributed by atoms with E-state index in [0.29, 0.717) is 17.0 Å². The fourth-order valence-electron chi connectivity index (χ4n) is 2.86. The lowest BCUT2D eigenvalue weighted by atomic mass is 10.1. The van der Waals surface area contributed by atoms with Crippen molar-refractivity contribution in [3.8, 4) is 0 Å². The van der Waals surface area contributed by atoms with Gasteiger partial charge in [-0.25, -0.2) is 0 Å². The highest BCUT2D eigenvalue weighted by Crippen LogP contribution is 2.33. The van der Waals surface area contributed by atoms with E-state index in [1.165, 1.54) is 7.05 Å². The van der Waals surface area contributed by atoms with Crippen LogP contribution in [0, 0.1) is 0 Å². The highest BCUT2D eigenvalue weighted by Gasteiger charge is 2.38. The molecule has 1 N–H and O–H groups in total. The number of H-pyrrole nitrogens is 1. The summed E-state index contributed by atoms with van der Waals surface area (Å²) in [5.74, 6) is -0.587. The Balaban J connectivity index is 2.04. The summed E-state index contributed by atoms with van der Waals surface area (Å²) in [4.78, 5) is 29.2. The Hall–Kier alpha value is -3.08. The van der Waals surface area contributed by atoms with Gasteiger partial charge in [0, 0.05) is 19.4 Å². The van der Waals surface area contributed by atoms with Gasteiger partial charge in [0.1, 0.15) is 5.70 Å². The molecule has 5 heteroatoms. The van der Waals surface area contributed by atoms with Crippen molar-refractivity contribution in [3.63, 3.8) is 0 Å². The number of rotatable bonds is 2. The number of benzene rings is 1. The van der Waals surface area contributed by atoms with Crippen LogP contribution in [0.2, 0.25) is 0 Å². The summed E-state index contributed by atoms with van der Waals surface area (Å²) >= 11 is 0. The van der Waals surface area contributed by atoms with Crippen molar-refractivity contribution in [2.45, 2.75) is 0 Å². The third-order valence-corrected chi connectivity index (χ3v) is 3.97. The molecular weight excluding hydrogens is 278 g/mol. The van der Waals surface area contributed by atoms with Crippen molar-refractivity contribution in [2.75, 3.05) is 7.05 Å². The van der Waals surface area contributed by atoms with Crippen molar-refractivity contribution >= 4 is 34.0 Å². The predicted molar refractivity (Wildman–Crippen MR) is 83.6 cm³/mol. The number of imide groups is 1. The number of hydrogen-bond acceptors (Lipinski definition) is 2. The van der Waals surface area contributed by atoms with Crippen LogP contribution in [-0.2, 0) is 9.59 Å². The van der Waals surface area contributed by atoms with E-state index in [9.17, 15) is 9.59 Å². The highest BCUT2D eigenvalue weighted by molar-refractivity contribution is 6.46. The van der Waals surface area contributed by atoms with Crippen LogP contribution in [-0.4, -0.2) is 33.3 Å². The van der Waals surface area contributed by atoms with Gasteiger partial charge in [-0.3, -0.25) is 14.5 Å². The molecule has 2 amide bonds. The van der Waals surface area contributed by atoms with Crippen molar-refractivity contribution < 1.29 is 9.59 Å². The van der Waals surface area contributed by atoms with Crippen LogP contribution in [0.15, 0.2) is 54.9 Å². The summed E-state index contributed by atoms with van der Waals surface area (Å²) < 4.78 is 1.79. The van der Waals surface area contributed by atoms with Crippen LogP contribution < -0.4 is 0 Å². The number of nitrogens with one attached hydrogen (secondary N) is 1. The first-order valence-electron chi connectivity index (χ1n) is 6.95. The number of carbonyl (C=O) groups is 2. The third-order valence-electron chi connectivity index (χ3n) is 3.97. The quantitative estimate of drug-likeness (QED) is 0.737. The number of aromatic nitrogens is 2. The molecule has 0 spiro atoms. The van der Waals surface area contributed by atoms with E-state index in [1.54, 1.807) is 16.8 Å². The minimum absolute atomic E-state index is 0.291. The molecule has 22 heavy (non-hydrogen) atoms. The van der Waals surface area contributed by atoms with Crippen molar-refractivity contribution in [1.29, 1.82) is 0 Å². The number of hydrogen-bond donors (Lipinski definition) is 1. The second-order valence-electron chi connectivity index (χ2n) is 5.22. The zero-order valence-corrected chi connectivity index (χ0v) is 11.9. The average molecular weight is 291 g/mol. The molecule has 4 rings (SSSR count). The first-order chi connectivity index (χ1) is 10.7. The molecule has 1 aliphatic rings. The maximum atomic E-state index is 12.6. The predicted octanol–water partition coefficient (Wildman–Crippen LogP) is 2.34. The number of nitrogens with zero attached hydrogens (tertiary/aromatic N) is 2. The molecule has 0 saturated carbocycles. The topological polar surface area (TPSA) is 58.1 Å². The number of fused-ring (bicyclic) bond motifs is 1. The molecule has 2 aromatic heterocycles. The van der Waals surface area contributed by atoms with E-state index < -0.39 is 0 Å². The molecule has 5 nitrogen and oxygen atoms in total. The van der Waals surface area contributed by atoms with E-state index in [-0.39, 0.29) is 11.8 Å². The molecule has 108 valence electrons. The van der Waals surface area contributed by atoms with E-state index in [4.69, 9.17) is 0 Å². The smallest absolute Gasteiger partial charge is 0.278 e. The normalized spacial score (nSPS) is 15.4. The van der Waals surface area contributed by atoms with Gasteiger partial charge in [0.25, 0.3) is 11.8 Å². The van der Waals surface area contributed by atoms with Gasteiger partial charge >= 0.3 is 0 Å². The fraction of sp³-hybridized carbons (Fsp3) is 0.0588. The van der Waals surface area contributed by atoms with Crippen LogP contribution in [0.3, 0.4) is 0 Å². The average Bonchev–Trinajstić information content (AvgIpc) is 3.23. The maximum absolute atomic E-state index is 12.6. The monoisotopic (exact) mass is 291 g/mol. The number of para-hydroxylation sites is 1. The molecule has 3 aromatic rings. The Kier molecular flexibility index (Phi) is 2.56. The molecule has 0 bridgehead atoms. The SMILES string of the molecule is CN1C(=O)C(c2ccc[nH]2)=C(n2ccc3ccccc32)C1=O. The van der Waals surface area contributed by atoms with E-state index in [1.807, 2.05) is 42.6 Å². The molecule has 0 aliphatic carbocycles. The maximum Gasteiger partial charge on any atom is 0.278 e. The molecule has 0 radical (unpaired) electrons. The van der Waals surface area contributed by atoms with Crippen LogP contribution in [0.5, 0.6) is 0 Å². The van der Waals surface area contributed by atoms with Gasteiger partial charge in [-0.15, -0.1) is 0 Å². The van der Waals surface area contributed by atoms with E-state index >= 15 is 0 Å². The standard InChI is InChI=1S/C17H13N3O2/c1-19-16(21)14(12-6-4-9-18-12)15(17(19)22)20-10-8-11-5-2-3-7-13(11)20/h2-10,18H,1H3. The lowest BCUT2D eigenvalue weighted by molar-refractivity contribution is -0.134. The summed E-state index contributed by atoms with van der Waals surface area (Å²) in [7, 11) is 1.51. The first kappa shape index (κ1) is 12.6. The van der Waals surface area contributed by atoms with Crippen molar-refractivity contribution in [2.24, 2.45) is 0 Å². The first-order valence-corrected chi connectivity index (χ1v) is 6.95. The summed E-state index contributed by atoms with van der Waals surface area (Å²) in [5.41, 5.74) is 2.34. The lowest BCUT2D eigenvalue weighted by Crippen LogP contribution is -2.27. The summed E-state index contributed by atoms with van der Waals surface area (Å²) in [6.45, 7) is 0. The van der Waals surface area contributed by atoms with Gasteiger partial charge in [-0.05, 0) is 29.7 Å². The van der Waals surface area contributed by atoms with Crippen molar-refractivity contribution in [1.82, 2.24) is 14.5 Å². The van der Waals surface area contributed by atoms with Gasteiger partial charge in [-0.1, -0.05) is 18.2 Å². The Labute approximate surface area is 126 Å². The third kappa shape index (κ3) is 1.59. The number of likely N-dealkylation sites (N-methyl/N-ethyl adjacent to an activating group) is 1. The zero-order valence-electron chi connectivity index (χ0n) is 11.9. The van der Waals surface area contributed by atoms with Gasteiger partial charge in [-0.2, -0.15) is 0 Å². The molecule has 0 fully saturated rings. The van der Waals surface area contributed by atoms with Gasteiger partial charge in [0.05, 0.1) is 16.8 Å². The molecule has 0 unspecified atom stereocenters. The molecule has 0 saturated heterocycles. The number of carbonyl (C=O) groups excluding carboxylic acids is 2. The van der Waals surface area contributed by atoms with Gasteiger partial charge in [0.2, 0.25) is 0 Å². The Morgan fingerprint density at radius 2 is 1.77 bits per heavy atom. The van der Waals surface area contributed by atoms with Crippen LogP contribution in [0.4, 0.5) is 0 Å². The van der Waals surface area contributed by atoms with Crippen LogP contribution in [0.25, 0.3) is 22.2 Å². The minimum Gasteiger partial charge on any atom is -0.361 e. The number of aromatic amines is 1. The molecular formula is C17H13N3O2. The van der Waals surface area contributed by atoms with Gasteiger partial charge < -0.3 is 9.55 Å². The van der Waals surface area contributed by atoms with E-state index in [0.717, 1.165) is 15.8 Å². The Morgan fingerprint density at radius 3 is 2.55 bits per heavy atom. The van der Waals surface area contributed by atoms with Gasteiger partial charge in [0.15, 0.2) is 0 Å². The number of amides is 2. The minimum atomic E-state index is -0.295. The molecule has 0 atom stereocenters. The summed E-state index contributed by atoms with van der Waals surface area (Å²) in [6.07, 6.45) is 3.57. The summed E-state index contributed by atoms with van der Waals surface area (Å²) in [6, 6.07) is 13.3. The van der Waals surface area contributed by atoms with Crippen molar-refractivity contribution in [3.05, 3.63) is 60.6 Å². The van der Waals surface area contributed by atoms with E-state index in [2.05, 4.69) is 4.98 Å². The zero-order chi connectivity index (χ0) is 15.3. The fourth-order valence-corrected chi connectivity index (χ4v) is 2.86. The molecule has 1 aromatic carbocycles. The summed E-state index contributed by atoms with van der Waals surface area (Å²) in [5, 5.41) is 1.02. The lowest BCUT2D eigenvalue weighted by Gasteiger charge is -2.08. The largest absolute Gasteiger partial charge is 0.361 e. The van der Waals surface area contributed by atoms with Crippen LogP contribution >= 0.6 is 0 Å². The molecule has 3 heterocycles. The molecule has 1 aliphatic heterocycles. The van der Waals surface area contributed by atoms with Crippen LogP contribution in [0.1, 0.15) is 5.69 Å². The Bertz CT molecular complexity index is 932.